The summed E-state index contributed by atoms with van der Waals surface area (Å²) in [6, 6.07) is 9.87. The van der Waals surface area contributed by atoms with Crippen molar-refractivity contribution in [1.82, 2.24) is 15.2 Å². The first-order chi connectivity index (χ1) is 13.9. The van der Waals surface area contributed by atoms with Crippen molar-refractivity contribution in [3.63, 3.8) is 0 Å². The second-order valence-corrected chi connectivity index (χ2v) is 6.99. The summed E-state index contributed by atoms with van der Waals surface area (Å²) in [5, 5.41) is 5.63. The molecule has 2 unspecified atom stereocenters. The maximum Gasteiger partial charge on any atom is 0.253 e. The number of halogens is 3. The van der Waals surface area contributed by atoms with Gasteiger partial charge in [-0.15, -0.1) is 0 Å². The molecular formula is C22H24F3N3O. The van der Waals surface area contributed by atoms with E-state index in [1.165, 1.54) is 18.2 Å². The molecule has 4 nitrogen and oxygen atoms in total. The third-order valence-corrected chi connectivity index (χ3v) is 4.96. The lowest BCUT2D eigenvalue weighted by molar-refractivity contribution is 0.0908. The van der Waals surface area contributed by atoms with Crippen LogP contribution in [-0.2, 0) is 6.54 Å². The normalized spacial score (nSPS) is 13.4. The van der Waals surface area contributed by atoms with Crippen molar-refractivity contribution in [2.24, 2.45) is 0 Å². The lowest BCUT2D eigenvalue weighted by atomic mass is 10.1. The summed E-state index contributed by atoms with van der Waals surface area (Å²) in [4.78, 5) is 12.9. The summed E-state index contributed by atoms with van der Waals surface area (Å²) in [6.45, 7) is 2.24. The molecule has 7 heteroatoms. The van der Waals surface area contributed by atoms with Gasteiger partial charge in [-0.1, -0.05) is 25.1 Å². The van der Waals surface area contributed by atoms with E-state index in [0.29, 0.717) is 18.5 Å². The van der Waals surface area contributed by atoms with E-state index in [-0.39, 0.29) is 23.3 Å². The minimum absolute atomic E-state index is 0.111. The Morgan fingerprint density at radius 2 is 1.86 bits per heavy atom. The van der Waals surface area contributed by atoms with Gasteiger partial charge in [-0.3, -0.25) is 4.79 Å². The van der Waals surface area contributed by atoms with E-state index in [4.69, 9.17) is 0 Å². The molecule has 0 saturated carbocycles. The standard InChI is InChI=1S/C22H24F3N3O/c1-3-19(18(25)11-26-2)27-22(29)16-13-28(12-14-7-9-15(23)10-8-14)20-6-4-5-17(24)21(16)20/h4-10,13,18-19,26H,3,11-12H2,1-2H3,(H,27,29). The van der Waals surface area contributed by atoms with Crippen LogP contribution in [0.15, 0.2) is 48.7 Å². The third-order valence-electron chi connectivity index (χ3n) is 4.96. The summed E-state index contributed by atoms with van der Waals surface area (Å²) in [5.41, 5.74) is 1.50. The summed E-state index contributed by atoms with van der Waals surface area (Å²) in [7, 11) is 1.64. The molecule has 0 aliphatic rings. The second-order valence-electron chi connectivity index (χ2n) is 6.99. The van der Waals surface area contributed by atoms with Crippen molar-refractivity contribution in [2.75, 3.05) is 13.6 Å². The molecule has 0 spiro atoms. The van der Waals surface area contributed by atoms with Gasteiger partial charge in [0.1, 0.15) is 17.8 Å². The van der Waals surface area contributed by atoms with Gasteiger partial charge in [0.05, 0.1) is 17.1 Å². The smallest absolute Gasteiger partial charge is 0.253 e. The SMILES string of the molecule is CCC(NC(=O)c1cn(Cc2ccc(F)cc2)c2cccc(F)c12)C(F)CNC. The maximum atomic E-state index is 14.6. The average Bonchev–Trinajstić information content (AvgIpc) is 3.08. The number of nitrogens with zero attached hydrogens (tertiary/aromatic N) is 1. The summed E-state index contributed by atoms with van der Waals surface area (Å²) >= 11 is 0. The van der Waals surface area contributed by atoms with Gasteiger partial charge in [0.2, 0.25) is 0 Å². The maximum absolute atomic E-state index is 14.6. The molecule has 0 saturated heterocycles. The predicted octanol–water partition coefficient (Wildman–Crippen LogP) is 4.03. The van der Waals surface area contributed by atoms with Crippen molar-refractivity contribution in [3.8, 4) is 0 Å². The summed E-state index contributed by atoms with van der Waals surface area (Å²) < 4.78 is 43.8. The first-order valence-corrected chi connectivity index (χ1v) is 9.56. The van der Waals surface area contributed by atoms with Gasteiger partial charge in [0.15, 0.2) is 0 Å². The first kappa shape index (κ1) is 20.9. The van der Waals surface area contributed by atoms with E-state index >= 15 is 0 Å². The number of carbonyl (C=O) groups excluding carboxylic acids is 1. The van der Waals surface area contributed by atoms with Gasteiger partial charge in [0, 0.05) is 24.7 Å². The van der Waals surface area contributed by atoms with Gasteiger partial charge in [0.25, 0.3) is 5.91 Å². The molecule has 0 fully saturated rings. The number of nitrogens with one attached hydrogen (secondary N) is 2. The van der Waals surface area contributed by atoms with Crippen molar-refractivity contribution in [2.45, 2.75) is 32.1 Å². The van der Waals surface area contributed by atoms with Crippen molar-refractivity contribution >= 4 is 16.8 Å². The molecule has 0 aliphatic carbocycles. The highest BCUT2D eigenvalue weighted by molar-refractivity contribution is 6.07. The van der Waals surface area contributed by atoms with Crippen LogP contribution in [0, 0.1) is 11.6 Å². The molecular weight excluding hydrogens is 379 g/mol. The van der Waals surface area contributed by atoms with Crippen molar-refractivity contribution in [3.05, 3.63) is 71.4 Å². The molecule has 1 aromatic heterocycles. The highest BCUT2D eigenvalue weighted by Gasteiger charge is 2.24. The molecule has 0 radical (unpaired) electrons. The Labute approximate surface area is 167 Å². The van der Waals surface area contributed by atoms with Crippen LogP contribution in [0.3, 0.4) is 0 Å². The van der Waals surface area contributed by atoms with Crippen LogP contribution in [0.25, 0.3) is 10.9 Å². The summed E-state index contributed by atoms with van der Waals surface area (Å²) in [5.74, 6) is -1.39. The third kappa shape index (κ3) is 4.62. The van der Waals surface area contributed by atoms with Gasteiger partial charge < -0.3 is 15.2 Å². The molecule has 2 atom stereocenters. The van der Waals surface area contributed by atoms with E-state index in [1.807, 2.05) is 0 Å². The van der Waals surface area contributed by atoms with Crippen LogP contribution >= 0.6 is 0 Å². The zero-order chi connectivity index (χ0) is 21.0. The zero-order valence-electron chi connectivity index (χ0n) is 16.4. The summed E-state index contributed by atoms with van der Waals surface area (Å²) in [6.07, 6.45) is 0.710. The molecule has 0 aliphatic heterocycles. The largest absolute Gasteiger partial charge is 0.346 e. The number of amides is 1. The van der Waals surface area contributed by atoms with Crippen LogP contribution in [-0.4, -0.2) is 36.3 Å². The quantitative estimate of drug-likeness (QED) is 0.597. The van der Waals surface area contributed by atoms with Crippen LogP contribution < -0.4 is 10.6 Å². The van der Waals surface area contributed by atoms with Gasteiger partial charge >= 0.3 is 0 Å². The van der Waals surface area contributed by atoms with Crippen molar-refractivity contribution in [1.29, 1.82) is 0 Å². The lowest BCUT2D eigenvalue weighted by Gasteiger charge is -2.20. The Hall–Kier alpha value is -2.80. The average molecular weight is 403 g/mol. The molecule has 2 N–H and O–H groups in total. The first-order valence-electron chi connectivity index (χ1n) is 9.56. The number of hydrogen-bond donors (Lipinski definition) is 2. The van der Waals surface area contributed by atoms with E-state index in [1.54, 1.807) is 49.0 Å². The molecule has 1 amide bonds. The van der Waals surface area contributed by atoms with E-state index in [0.717, 1.165) is 5.56 Å². The van der Waals surface area contributed by atoms with Gasteiger partial charge in [-0.05, 0) is 43.3 Å². The highest BCUT2D eigenvalue weighted by atomic mass is 19.1. The van der Waals surface area contributed by atoms with Gasteiger partial charge in [-0.25, -0.2) is 13.2 Å². The second kappa shape index (κ2) is 9.13. The molecule has 29 heavy (non-hydrogen) atoms. The minimum atomic E-state index is -1.26. The molecule has 3 aromatic rings. The fourth-order valence-electron chi connectivity index (χ4n) is 3.43. The van der Waals surface area contributed by atoms with Gasteiger partial charge in [-0.2, -0.15) is 0 Å². The predicted molar refractivity (Wildman–Crippen MR) is 108 cm³/mol. The Morgan fingerprint density at radius 3 is 2.52 bits per heavy atom. The van der Waals surface area contributed by atoms with Crippen LogP contribution in [0.5, 0.6) is 0 Å². The zero-order valence-corrected chi connectivity index (χ0v) is 16.4. The topological polar surface area (TPSA) is 46.1 Å². The number of benzene rings is 2. The molecule has 154 valence electrons. The Balaban J connectivity index is 1.95. The molecule has 3 rings (SSSR count). The Bertz CT molecular complexity index is 985. The number of alkyl halides is 1. The molecule has 1 heterocycles. The highest BCUT2D eigenvalue weighted by Crippen LogP contribution is 2.26. The Morgan fingerprint density at radius 1 is 1.14 bits per heavy atom. The van der Waals surface area contributed by atoms with E-state index in [2.05, 4.69) is 10.6 Å². The minimum Gasteiger partial charge on any atom is -0.346 e. The number of fused-ring (bicyclic) bond motifs is 1. The number of hydrogen-bond acceptors (Lipinski definition) is 2. The fraction of sp³-hybridized carbons (Fsp3) is 0.318. The number of aromatic nitrogens is 1. The van der Waals surface area contributed by atoms with Crippen LogP contribution in [0.4, 0.5) is 13.2 Å². The lowest BCUT2D eigenvalue weighted by Crippen LogP contribution is -2.44. The van der Waals surface area contributed by atoms with Crippen LogP contribution in [0.1, 0.15) is 29.3 Å². The Kier molecular flexibility index (Phi) is 6.59. The van der Waals surface area contributed by atoms with E-state index < -0.39 is 23.9 Å². The monoisotopic (exact) mass is 403 g/mol. The number of carbonyl (C=O) groups is 1. The molecule has 2 aromatic carbocycles. The van der Waals surface area contributed by atoms with Crippen molar-refractivity contribution < 1.29 is 18.0 Å². The fourth-order valence-corrected chi connectivity index (χ4v) is 3.43. The van der Waals surface area contributed by atoms with Crippen LogP contribution in [0.2, 0.25) is 0 Å². The number of rotatable bonds is 8. The molecule has 0 bridgehead atoms. The van der Waals surface area contributed by atoms with E-state index in [9.17, 15) is 18.0 Å².